The summed E-state index contributed by atoms with van der Waals surface area (Å²) in [6.07, 6.45) is 0. The highest BCUT2D eigenvalue weighted by molar-refractivity contribution is 6.09. The van der Waals surface area contributed by atoms with Gasteiger partial charge in [-0.1, -0.05) is 0 Å². The van der Waals surface area contributed by atoms with Crippen LogP contribution in [0.3, 0.4) is 0 Å². The molecule has 0 aromatic heterocycles. The van der Waals surface area contributed by atoms with Gasteiger partial charge in [0.15, 0.2) is 5.78 Å². The van der Waals surface area contributed by atoms with Gasteiger partial charge >= 0.3 is 0 Å². The Kier molecular flexibility index (Phi) is 3.34. The predicted molar refractivity (Wildman–Crippen MR) is 70.1 cm³/mol. The van der Waals surface area contributed by atoms with Crippen molar-refractivity contribution in [1.82, 2.24) is 0 Å². The van der Waals surface area contributed by atoms with Crippen LogP contribution in [0, 0.1) is 25.5 Å². The van der Waals surface area contributed by atoms with E-state index in [1.54, 1.807) is 13.8 Å². The van der Waals surface area contributed by atoms with Gasteiger partial charge in [-0.25, -0.2) is 8.78 Å². The van der Waals surface area contributed by atoms with Crippen LogP contribution < -0.4 is 5.73 Å². The molecule has 0 saturated carbocycles. The van der Waals surface area contributed by atoms with Crippen molar-refractivity contribution in [2.24, 2.45) is 0 Å². The molecule has 98 valence electrons. The zero-order valence-corrected chi connectivity index (χ0v) is 10.6. The fourth-order valence-electron chi connectivity index (χ4n) is 1.95. The van der Waals surface area contributed by atoms with Crippen molar-refractivity contribution >= 4 is 11.5 Å². The second kappa shape index (κ2) is 4.80. The molecular weight excluding hydrogens is 248 g/mol. The number of hydrogen-bond donors (Lipinski definition) is 1. The quantitative estimate of drug-likeness (QED) is 0.665. The fraction of sp³-hybridized carbons (Fsp3) is 0.133. The lowest BCUT2D eigenvalue weighted by molar-refractivity contribution is 0.103. The van der Waals surface area contributed by atoms with Gasteiger partial charge < -0.3 is 5.73 Å². The van der Waals surface area contributed by atoms with Crippen molar-refractivity contribution < 1.29 is 13.6 Å². The van der Waals surface area contributed by atoms with Gasteiger partial charge in [0.1, 0.15) is 11.6 Å². The number of carbonyl (C=O) groups is 1. The number of aryl methyl sites for hydroxylation is 2. The predicted octanol–water partition coefficient (Wildman–Crippen LogP) is 3.39. The Hall–Kier alpha value is -2.23. The summed E-state index contributed by atoms with van der Waals surface area (Å²) in [5.41, 5.74) is 6.60. The van der Waals surface area contributed by atoms with Crippen LogP contribution in [0.1, 0.15) is 27.0 Å². The van der Waals surface area contributed by atoms with E-state index in [0.29, 0.717) is 11.1 Å². The van der Waals surface area contributed by atoms with Gasteiger partial charge in [0.05, 0.1) is 5.56 Å². The molecule has 0 amide bonds. The molecular formula is C15H13F2NO. The standard InChI is InChI=1S/C15H13F2NO/c1-8-5-10(6-9(2)14(8)17)15(19)12-4-3-11(18)7-13(12)16/h3-7H,18H2,1-2H3. The molecule has 0 atom stereocenters. The van der Waals surface area contributed by atoms with Crippen molar-refractivity contribution in [3.8, 4) is 0 Å². The van der Waals surface area contributed by atoms with E-state index in [2.05, 4.69) is 0 Å². The van der Waals surface area contributed by atoms with E-state index in [9.17, 15) is 13.6 Å². The van der Waals surface area contributed by atoms with Crippen LogP contribution in [0.5, 0.6) is 0 Å². The van der Waals surface area contributed by atoms with Crippen LogP contribution in [-0.4, -0.2) is 5.78 Å². The topological polar surface area (TPSA) is 43.1 Å². The first-order valence-corrected chi connectivity index (χ1v) is 5.76. The molecule has 0 unspecified atom stereocenters. The maximum atomic E-state index is 13.7. The fourth-order valence-corrected chi connectivity index (χ4v) is 1.95. The third-order valence-corrected chi connectivity index (χ3v) is 2.94. The molecule has 2 nitrogen and oxygen atoms in total. The Balaban J connectivity index is 2.50. The number of rotatable bonds is 2. The van der Waals surface area contributed by atoms with Gasteiger partial charge in [0, 0.05) is 11.3 Å². The van der Waals surface area contributed by atoms with Crippen molar-refractivity contribution in [3.63, 3.8) is 0 Å². The summed E-state index contributed by atoms with van der Waals surface area (Å²) in [7, 11) is 0. The van der Waals surface area contributed by atoms with Crippen LogP contribution in [0.4, 0.5) is 14.5 Å². The van der Waals surface area contributed by atoms with Gasteiger partial charge in [-0.3, -0.25) is 4.79 Å². The first-order chi connectivity index (χ1) is 8.90. The largest absolute Gasteiger partial charge is 0.399 e. The smallest absolute Gasteiger partial charge is 0.195 e. The molecule has 0 saturated heterocycles. The summed E-state index contributed by atoms with van der Waals surface area (Å²) in [4.78, 5) is 12.2. The molecule has 2 aromatic rings. The number of benzene rings is 2. The molecule has 0 spiro atoms. The van der Waals surface area contributed by atoms with Gasteiger partial charge in [0.25, 0.3) is 0 Å². The van der Waals surface area contributed by atoms with Crippen LogP contribution in [0.2, 0.25) is 0 Å². The zero-order valence-electron chi connectivity index (χ0n) is 10.6. The van der Waals surface area contributed by atoms with Crippen molar-refractivity contribution in [2.45, 2.75) is 13.8 Å². The van der Waals surface area contributed by atoms with E-state index in [1.165, 1.54) is 24.3 Å². The van der Waals surface area contributed by atoms with E-state index < -0.39 is 11.6 Å². The molecule has 0 aliphatic heterocycles. The first kappa shape index (κ1) is 13.2. The Bertz CT molecular complexity index is 642. The minimum atomic E-state index is -0.676. The lowest BCUT2D eigenvalue weighted by Crippen LogP contribution is -2.06. The van der Waals surface area contributed by atoms with Crippen LogP contribution in [-0.2, 0) is 0 Å². The van der Waals surface area contributed by atoms with E-state index in [1.807, 2.05) is 0 Å². The van der Waals surface area contributed by atoms with Gasteiger partial charge in [0.2, 0.25) is 0 Å². The number of halogens is 2. The molecule has 2 rings (SSSR count). The Morgan fingerprint density at radius 2 is 1.63 bits per heavy atom. The maximum Gasteiger partial charge on any atom is 0.195 e. The monoisotopic (exact) mass is 261 g/mol. The highest BCUT2D eigenvalue weighted by Gasteiger charge is 2.16. The van der Waals surface area contributed by atoms with Crippen LogP contribution >= 0.6 is 0 Å². The highest BCUT2D eigenvalue weighted by Crippen LogP contribution is 2.20. The average Bonchev–Trinajstić information content (AvgIpc) is 2.34. The number of carbonyl (C=O) groups excluding carboxylic acids is 1. The third-order valence-electron chi connectivity index (χ3n) is 2.94. The molecule has 0 aliphatic rings. The summed E-state index contributed by atoms with van der Waals surface area (Å²) in [6, 6.07) is 6.72. The molecule has 2 N–H and O–H groups in total. The zero-order chi connectivity index (χ0) is 14.2. The van der Waals surface area contributed by atoms with Gasteiger partial charge in [-0.15, -0.1) is 0 Å². The molecule has 2 aromatic carbocycles. The maximum absolute atomic E-state index is 13.7. The summed E-state index contributed by atoms with van der Waals surface area (Å²) < 4.78 is 27.2. The molecule has 0 radical (unpaired) electrons. The molecule has 0 bridgehead atoms. The normalized spacial score (nSPS) is 10.5. The van der Waals surface area contributed by atoms with Gasteiger partial charge in [-0.05, 0) is 55.3 Å². The van der Waals surface area contributed by atoms with E-state index >= 15 is 0 Å². The first-order valence-electron chi connectivity index (χ1n) is 5.76. The number of nitrogen functional groups attached to an aromatic ring is 1. The summed E-state index contributed by atoms with van der Waals surface area (Å²) >= 11 is 0. The van der Waals surface area contributed by atoms with Crippen molar-refractivity contribution in [2.75, 3.05) is 5.73 Å². The lowest BCUT2D eigenvalue weighted by Gasteiger charge is -2.07. The minimum Gasteiger partial charge on any atom is -0.399 e. The number of hydrogen-bond acceptors (Lipinski definition) is 2. The molecule has 0 aliphatic carbocycles. The van der Waals surface area contributed by atoms with Crippen molar-refractivity contribution in [3.05, 3.63) is 64.2 Å². The second-order valence-electron chi connectivity index (χ2n) is 4.49. The Morgan fingerprint density at radius 3 is 2.16 bits per heavy atom. The Labute approximate surface area is 109 Å². The Morgan fingerprint density at radius 1 is 1.05 bits per heavy atom. The molecule has 0 fully saturated rings. The lowest BCUT2D eigenvalue weighted by atomic mass is 9.98. The van der Waals surface area contributed by atoms with Crippen LogP contribution in [0.25, 0.3) is 0 Å². The molecule has 4 heteroatoms. The summed E-state index contributed by atoms with van der Waals surface area (Å²) in [5, 5.41) is 0. The van der Waals surface area contributed by atoms with Gasteiger partial charge in [-0.2, -0.15) is 0 Å². The van der Waals surface area contributed by atoms with Crippen LogP contribution in [0.15, 0.2) is 30.3 Å². The second-order valence-corrected chi connectivity index (χ2v) is 4.49. The minimum absolute atomic E-state index is 0.0698. The summed E-state index contributed by atoms with van der Waals surface area (Å²) in [5.74, 6) is -1.51. The number of nitrogens with two attached hydrogens (primary N) is 1. The average molecular weight is 261 g/mol. The molecule has 19 heavy (non-hydrogen) atoms. The van der Waals surface area contributed by atoms with Crippen molar-refractivity contribution in [1.29, 1.82) is 0 Å². The number of anilines is 1. The number of ketones is 1. The third kappa shape index (κ3) is 2.47. The van der Waals surface area contributed by atoms with E-state index in [4.69, 9.17) is 5.73 Å². The SMILES string of the molecule is Cc1cc(C(=O)c2ccc(N)cc2F)cc(C)c1F. The highest BCUT2D eigenvalue weighted by atomic mass is 19.1. The van der Waals surface area contributed by atoms with E-state index in [-0.39, 0.29) is 22.6 Å². The molecule has 0 heterocycles. The van der Waals surface area contributed by atoms with E-state index in [0.717, 1.165) is 6.07 Å². The summed E-state index contributed by atoms with van der Waals surface area (Å²) in [6.45, 7) is 3.14.